The van der Waals surface area contributed by atoms with E-state index in [-0.39, 0.29) is 5.91 Å². The maximum Gasteiger partial charge on any atom is 0.254 e. The number of anilines is 1. The summed E-state index contributed by atoms with van der Waals surface area (Å²) in [4.78, 5) is 20.1. The summed E-state index contributed by atoms with van der Waals surface area (Å²) in [5, 5.41) is 5.93. The van der Waals surface area contributed by atoms with Gasteiger partial charge in [-0.05, 0) is 30.5 Å². The zero-order valence-electron chi connectivity index (χ0n) is 14.8. The third kappa shape index (κ3) is 5.34. The average Bonchev–Trinajstić information content (AvgIpc) is 2.66. The van der Waals surface area contributed by atoms with Gasteiger partial charge in [0, 0.05) is 25.5 Å². The van der Waals surface area contributed by atoms with Crippen LogP contribution in [0.3, 0.4) is 0 Å². The Morgan fingerprint density at radius 2 is 1.80 bits per heavy atom. The molecule has 7 nitrogen and oxygen atoms in total. The monoisotopic (exact) mass is 344 g/mol. The van der Waals surface area contributed by atoms with Gasteiger partial charge in [0.15, 0.2) is 11.5 Å². The van der Waals surface area contributed by atoms with Crippen LogP contribution in [0.5, 0.6) is 11.5 Å². The van der Waals surface area contributed by atoms with Crippen LogP contribution in [0.15, 0.2) is 30.6 Å². The van der Waals surface area contributed by atoms with Crippen LogP contribution in [0, 0.1) is 0 Å². The molecule has 0 aliphatic carbocycles. The van der Waals surface area contributed by atoms with Crippen LogP contribution < -0.4 is 20.1 Å². The van der Waals surface area contributed by atoms with E-state index in [0.29, 0.717) is 36.1 Å². The molecule has 0 saturated carbocycles. The number of aromatic nitrogens is 2. The van der Waals surface area contributed by atoms with Gasteiger partial charge in [-0.25, -0.2) is 9.97 Å². The Kier molecular flexibility index (Phi) is 7.00. The zero-order chi connectivity index (χ0) is 18.1. The number of rotatable bonds is 9. The van der Waals surface area contributed by atoms with Crippen LogP contribution in [0.1, 0.15) is 29.3 Å². The molecule has 0 unspecified atom stereocenters. The molecular formula is C18H24N4O3. The number of hydrogen-bond acceptors (Lipinski definition) is 6. The minimum atomic E-state index is -0.154. The zero-order valence-corrected chi connectivity index (χ0v) is 14.8. The van der Waals surface area contributed by atoms with Crippen LogP contribution in [0.25, 0.3) is 0 Å². The van der Waals surface area contributed by atoms with Gasteiger partial charge >= 0.3 is 0 Å². The molecule has 0 spiro atoms. The Morgan fingerprint density at radius 3 is 2.44 bits per heavy atom. The quantitative estimate of drug-likeness (QED) is 0.726. The molecule has 1 aromatic carbocycles. The lowest BCUT2D eigenvalue weighted by Crippen LogP contribution is -2.24. The number of ether oxygens (including phenoxy) is 2. The molecule has 7 heteroatoms. The topological polar surface area (TPSA) is 85.4 Å². The fourth-order valence-corrected chi connectivity index (χ4v) is 2.23. The van der Waals surface area contributed by atoms with Gasteiger partial charge in [0.2, 0.25) is 5.95 Å². The third-order valence-corrected chi connectivity index (χ3v) is 3.59. The smallest absolute Gasteiger partial charge is 0.254 e. The molecule has 2 N–H and O–H groups in total. The summed E-state index contributed by atoms with van der Waals surface area (Å²) in [5.74, 6) is 1.75. The summed E-state index contributed by atoms with van der Waals surface area (Å²) < 4.78 is 10.5. The predicted molar refractivity (Wildman–Crippen MR) is 96.4 cm³/mol. The number of nitrogens with one attached hydrogen (secondary N) is 2. The Labute approximate surface area is 147 Å². The molecule has 134 valence electrons. The fraction of sp³-hybridized carbons (Fsp3) is 0.389. The average molecular weight is 344 g/mol. The maximum absolute atomic E-state index is 11.8. The highest BCUT2D eigenvalue weighted by Gasteiger charge is 2.07. The van der Waals surface area contributed by atoms with Gasteiger partial charge in [0.1, 0.15) is 0 Å². The van der Waals surface area contributed by atoms with Crippen molar-refractivity contribution < 1.29 is 14.3 Å². The first-order valence-electron chi connectivity index (χ1n) is 8.23. The van der Waals surface area contributed by atoms with Gasteiger partial charge in [0.25, 0.3) is 5.91 Å². The van der Waals surface area contributed by atoms with Crippen LogP contribution in [-0.4, -0.2) is 43.2 Å². The molecule has 1 aromatic heterocycles. The number of methoxy groups -OCH3 is 2. The van der Waals surface area contributed by atoms with Crippen molar-refractivity contribution in [2.24, 2.45) is 0 Å². The summed E-state index contributed by atoms with van der Waals surface area (Å²) in [5.41, 5.74) is 1.57. The number of amides is 1. The number of carbonyl (C=O) groups excluding carboxylic acids is 1. The minimum absolute atomic E-state index is 0.154. The molecule has 25 heavy (non-hydrogen) atoms. The van der Waals surface area contributed by atoms with Gasteiger partial charge in [-0.1, -0.05) is 13.0 Å². The van der Waals surface area contributed by atoms with Crippen LogP contribution in [0.4, 0.5) is 5.95 Å². The Hall–Kier alpha value is -2.83. The lowest BCUT2D eigenvalue weighted by atomic mass is 10.1. The molecule has 0 fully saturated rings. The molecule has 0 radical (unpaired) electrons. The number of nitrogens with zero attached hydrogens (tertiary/aromatic N) is 2. The van der Waals surface area contributed by atoms with Crippen LogP contribution in [0.2, 0.25) is 0 Å². The van der Waals surface area contributed by atoms with Crippen LogP contribution >= 0.6 is 0 Å². The largest absolute Gasteiger partial charge is 0.493 e. The van der Waals surface area contributed by atoms with E-state index in [9.17, 15) is 4.79 Å². The van der Waals surface area contributed by atoms with E-state index in [1.807, 2.05) is 25.1 Å². The molecule has 0 atom stereocenters. The minimum Gasteiger partial charge on any atom is -0.493 e. The standard InChI is InChI=1S/C18H24N4O3/c1-4-8-19-17(23)14-11-21-18(22-12-14)20-9-7-13-5-6-15(24-2)16(10-13)25-3/h5-6,10-12H,4,7-9H2,1-3H3,(H,19,23)(H,20,21,22). The normalized spacial score (nSPS) is 10.2. The van der Waals surface area contributed by atoms with E-state index < -0.39 is 0 Å². The third-order valence-electron chi connectivity index (χ3n) is 3.59. The summed E-state index contributed by atoms with van der Waals surface area (Å²) in [6.45, 7) is 3.31. The van der Waals surface area contributed by atoms with E-state index in [0.717, 1.165) is 18.4 Å². The van der Waals surface area contributed by atoms with Crippen molar-refractivity contribution >= 4 is 11.9 Å². The van der Waals surface area contributed by atoms with Crippen molar-refractivity contribution in [1.82, 2.24) is 15.3 Å². The SMILES string of the molecule is CCCNC(=O)c1cnc(NCCc2ccc(OC)c(OC)c2)nc1. The lowest BCUT2D eigenvalue weighted by Gasteiger charge is -2.10. The maximum atomic E-state index is 11.8. The molecule has 0 saturated heterocycles. The Morgan fingerprint density at radius 1 is 1.08 bits per heavy atom. The van der Waals surface area contributed by atoms with Crippen LogP contribution in [-0.2, 0) is 6.42 Å². The first-order valence-corrected chi connectivity index (χ1v) is 8.23. The number of hydrogen-bond donors (Lipinski definition) is 2. The second-order valence-electron chi connectivity index (χ2n) is 5.42. The van der Waals surface area contributed by atoms with Crippen molar-refractivity contribution in [2.75, 3.05) is 32.6 Å². The summed E-state index contributed by atoms with van der Waals surface area (Å²) in [6, 6.07) is 5.82. The molecule has 0 aliphatic rings. The van der Waals surface area contributed by atoms with Gasteiger partial charge in [-0.15, -0.1) is 0 Å². The van der Waals surface area contributed by atoms with Crippen molar-refractivity contribution in [3.05, 3.63) is 41.7 Å². The van der Waals surface area contributed by atoms with E-state index in [2.05, 4.69) is 20.6 Å². The summed E-state index contributed by atoms with van der Waals surface area (Å²) in [7, 11) is 3.23. The van der Waals surface area contributed by atoms with Crippen molar-refractivity contribution in [1.29, 1.82) is 0 Å². The number of benzene rings is 1. The summed E-state index contributed by atoms with van der Waals surface area (Å²) >= 11 is 0. The van der Waals surface area contributed by atoms with Gasteiger partial charge in [-0.2, -0.15) is 0 Å². The molecule has 1 heterocycles. The highest BCUT2D eigenvalue weighted by Crippen LogP contribution is 2.27. The second kappa shape index (κ2) is 9.46. The van der Waals surface area contributed by atoms with E-state index in [1.165, 1.54) is 12.4 Å². The van der Waals surface area contributed by atoms with Crippen molar-refractivity contribution in [2.45, 2.75) is 19.8 Å². The van der Waals surface area contributed by atoms with Crippen molar-refractivity contribution in [3.63, 3.8) is 0 Å². The van der Waals surface area contributed by atoms with E-state index >= 15 is 0 Å². The van der Waals surface area contributed by atoms with Gasteiger partial charge in [-0.3, -0.25) is 4.79 Å². The van der Waals surface area contributed by atoms with E-state index in [1.54, 1.807) is 14.2 Å². The molecule has 0 aliphatic heterocycles. The lowest BCUT2D eigenvalue weighted by molar-refractivity contribution is 0.0953. The first-order chi connectivity index (χ1) is 12.2. The highest BCUT2D eigenvalue weighted by molar-refractivity contribution is 5.93. The second-order valence-corrected chi connectivity index (χ2v) is 5.42. The van der Waals surface area contributed by atoms with E-state index in [4.69, 9.17) is 9.47 Å². The Balaban J connectivity index is 1.86. The molecule has 0 bridgehead atoms. The van der Waals surface area contributed by atoms with Gasteiger partial charge < -0.3 is 20.1 Å². The molecule has 1 amide bonds. The van der Waals surface area contributed by atoms with Crippen molar-refractivity contribution in [3.8, 4) is 11.5 Å². The predicted octanol–water partition coefficient (Wildman–Crippen LogP) is 2.29. The molecular weight excluding hydrogens is 320 g/mol. The molecule has 2 aromatic rings. The van der Waals surface area contributed by atoms with Gasteiger partial charge in [0.05, 0.1) is 19.8 Å². The fourth-order valence-electron chi connectivity index (χ4n) is 2.23. The first kappa shape index (κ1) is 18.5. The number of carbonyl (C=O) groups is 1. The summed E-state index contributed by atoms with van der Waals surface area (Å²) in [6.07, 6.45) is 4.72. The highest BCUT2D eigenvalue weighted by atomic mass is 16.5. The Bertz CT molecular complexity index is 689. The molecule has 2 rings (SSSR count).